The third-order valence-electron chi connectivity index (χ3n) is 2.31. The van der Waals surface area contributed by atoms with Gasteiger partial charge in [0.05, 0.1) is 11.8 Å². The smallest absolute Gasteiger partial charge is 0.159 e. The average Bonchev–Trinajstić information content (AvgIpc) is 2.34. The van der Waals surface area contributed by atoms with E-state index < -0.39 is 17.7 Å². The van der Waals surface area contributed by atoms with Gasteiger partial charge >= 0.3 is 0 Å². The molecule has 1 N–H and O–H groups in total. The Labute approximate surface area is 108 Å². The van der Waals surface area contributed by atoms with Crippen LogP contribution in [0.25, 0.3) is 0 Å². The number of benzene rings is 1. The van der Waals surface area contributed by atoms with Crippen molar-refractivity contribution in [2.75, 3.05) is 0 Å². The van der Waals surface area contributed by atoms with Gasteiger partial charge in [-0.2, -0.15) is 0 Å². The van der Waals surface area contributed by atoms with Gasteiger partial charge in [0.25, 0.3) is 0 Å². The largest absolute Gasteiger partial charge is 0.387 e. The first-order valence-electron chi connectivity index (χ1n) is 5.33. The second-order valence-electron chi connectivity index (χ2n) is 3.77. The topological polar surface area (TPSA) is 33.1 Å². The average molecular weight is 267 g/mol. The zero-order valence-electron chi connectivity index (χ0n) is 9.60. The third-order valence-corrected chi connectivity index (χ3v) is 3.28. The van der Waals surface area contributed by atoms with Gasteiger partial charge in [0.1, 0.15) is 0 Å². The number of aliphatic hydroxyl groups excluding tert-OH is 1. The van der Waals surface area contributed by atoms with Crippen molar-refractivity contribution in [3.8, 4) is 0 Å². The highest BCUT2D eigenvalue weighted by molar-refractivity contribution is 7.99. The predicted molar refractivity (Wildman–Crippen MR) is 65.4 cm³/mol. The summed E-state index contributed by atoms with van der Waals surface area (Å²) in [5.74, 6) is -1.73. The standard InChI is InChI=1S/C13H11F2NOS/c1-8(17)13-5-3-10(7-16-13)18-9-2-4-11(14)12(15)6-9/h2-8,17H,1H3. The van der Waals surface area contributed by atoms with Crippen molar-refractivity contribution in [3.05, 3.63) is 53.9 Å². The fourth-order valence-electron chi connectivity index (χ4n) is 1.38. The van der Waals surface area contributed by atoms with E-state index in [0.29, 0.717) is 10.6 Å². The van der Waals surface area contributed by atoms with Gasteiger partial charge in [-0.15, -0.1) is 0 Å². The number of halogens is 2. The third kappa shape index (κ3) is 3.05. The molecule has 0 amide bonds. The van der Waals surface area contributed by atoms with Crippen molar-refractivity contribution in [2.24, 2.45) is 0 Å². The molecule has 18 heavy (non-hydrogen) atoms. The van der Waals surface area contributed by atoms with Crippen molar-refractivity contribution < 1.29 is 13.9 Å². The molecule has 1 aromatic carbocycles. The molecule has 2 nitrogen and oxygen atoms in total. The van der Waals surface area contributed by atoms with Crippen LogP contribution in [0.4, 0.5) is 8.78 Å². The number of hydrogen-bond acceptors (Lipinski definition) is 3. The molecule has 0 saturated heterocycles. The number of nitrogens with zero attached hydrogens (tertiary/aromatic N) is 1. The van der Waals surface area contributed by atoms with Crippen LogP contribution in [0.3, 0.4) is 0 Å². The molecule has 0 aliphatic carbocycles. The first kappa shape index (κ1) is 13.0. The second kappa shape index (κ2) is 5.46. The molecule has 0 saturated carbocycles. The Bertz CT molecular complexity index is 543. The lowest BCUT2D eigenvalue weighted by molar-refractivity contribution is 0.194. The highest BCUT2D eigenvalue weighted by Crippen LogP contribution is 2.28. The van der Waals surface area contributed by atoms with Crippen LogP contribution >= 0.6 is 11.8 Å². The van der Waals surface area contributed by atoms with Crippen LogP contribution in [0.1, 0.15) is 18.7 Å². The first-order valence-corrected chi connectivity index (χ1v) is 6.15. The van der Waals surface area contributed by atoms with E-state index in [9.17, 15) is 13.9 Å². The first-order chi connectivity index (χ1) is 8.56. The van der Waals surface area contributed by atoms with Gasteiger partial charge in [-0.05, 0) is 37.3 Å². The number of aliphatic hydroxyl groups is 1. The summed E-state index contributed by atoms with van der Waals surface area (Å²) in [5.41, 5.74) is 0.574. The minimum absolute atomic E-state index is 0.574. The maximum atomic E-state index is 13.0. The van der Waals surface area contributed by atoms with E-state index in [4.69, 9.17) is 0 Å². The summed E-state index contributed by atoms with van der Waals surface area (Å²) >= 11 is 1.28. The molecule has 0 spiro atoms. The monoisotopic (exact) mass is 267 g/mol. The van der Waals surface area contributed by atoms with E-state index >= 15 is 0 Å². The van der Waals surface area contributed by atoms with E-state index in [1.54, 1.807) is 25.3 Å². The Morgan fingerprint density at radius 2 is 1.83 bits per heavy atom. The number of pyridine rings is 1. The van der Waals surface area contributed by atoms with Crippen molar-refractivity contribution in [2.45, 2.75) is 22.8 Å². The van der Waals surface area contributed by atoms with E-state index in [1.165, 1.54) is 17.8 Å². The molecule has 0 aliphatic heterocycles. The Morgan fingerprint density at radius 1 is 1.11 bits per heavy atom. The Morgan fingerprint density at radius 3 is 2.39 bits per heavy atom. The lowest BCUT2D eigenvalue weighted by Gasteiger charge is -2.05. The minimum Gasteiger partial charge on any atom is -0.387 e. The fraction of sp³-hybridized carbons (Fsp3) is 0.154. The normalized spacial score (nSPS) is 12.4. The van der Waals surface area contributed by atoms with Crippen LogP contribution in [0.5, 0.6) is 0 Å². The van der Waals surface area contributed by atoms with E-state index in [-0.39, 0.29) is 0 Å². The molecule has 0 bridgehead atoms. The van der Waals surface area contributed by atoms with Crippen LogP contribution in [0.2, 0.25) is 0 Å². The van der Waals surface area contributed by atoms with Crippen LogP contribution in [0.15, 0.2) is 46.3 Å². The summed E-state index contributed by atoms with van der Waals surface area (Å²) in [4.78, 5) is 5.47. The molecule has 2 aromatic rings. The number of aromatic nitrogens is 1. The van der Waals surface area contributed by atoms with Crippen LogP contribution in [0, 0.1) is 11.6 Å². The Hall–Kier alpha value is -1.46. The van der Waals surface area contributed by atoms with E-state index in [0.717, 1.165) is 17.0 Å². The summed E-state index contributed by atoms with van der Waals surface area (Å²) in [7, 11) is 0. The second-order valence-corrected chi connectivity index (χ2v) is 4.92. The lowest BCUT2D eigenvalue weighted by atomic mass is 10.2. The molecule has 5 heteroatoms. The summed E-state index contributed by atoms with van der Waals surface area (Å²) < 4.78 is 25.8. The molecule has 2 rings (SSSR count). The van der Waals surface area contributed by atoms with E-state index in [1.807, 2.05) is 0 Å². The fourth-order valence-corrected chi connectivity index (χ4v) is 2.19. The number of hydrogen-bond donors (Lipinski definition) is 1. The number of rotatable bonds is 3. The summed E-state index contributed by atoms with van der Waals surface area (Å²) in [6.45, 7) is 1.63. The van der Waals surface area contributed by atoms with Crippen molar-refractivity contribution in [1.29, 1.82) is 0 Å². The van der Waals surface area contributed by atoms with Crippen molar-refractivity contribution in [1.82, 2.24) is 4.98 Å². The minimum atomic E-state index is -0.867. The quantitative estimate of drug-likeness (QED) is 0.923. The molecule has 0 radical (unpaired) electrons. The molecular formula is C13H11F2NOS. The van der Waals surface area contributed by atoms with Gasteiger partial charge in [-0.1, -0.05) is 11.8 Å². The van der Waals surface area contributed by atoms with Gasteiger partial charge in [0.2, 0.25) is 0 Å². The van der Waals surface area contributed by atoms with Gasteiger partial charge < -0.3 is 5.11 Å². The molecule has 0 fully saturated rings. The van der Waals surface area contributed by atoms with Crippen LogP contribution in [-0.4, -0.2) is 10.1 Å². The highest BCUT2D eigenvalue weighted by Gasteiger charge is 2.06. The Balaban J connectivity index is 2.15. The zero-order valence-corrected chi connectivity index (χ0v) is 10.4. The van der Waals surface area contributed by atoms with Gasteiger partial charge in [-0.25, -0.2) is 8.78 Å². The lowest BCUT2D eigenvalue weighted by Crippen LogP contribution is -1.94. The van der Waals surface area contributed by atoms with Gasteiger partial charge in [0.15, 0.2) is 11.6 Å². The SMILES string of the molecule is CC(O)c1ccc(Sc2ccc(F)c(F)c2)cn1. The molecule has 0 aliphatic rings. The molecule has 94 valence electrons. The maximum Gasteiger partial charge on any atom is 0.159 e. The maximum absolute atomic E-state index is 13.0. The van der Waals surface area contributed by atoms with E-state index in [2.05, 4.69) is 4.98 Å². The summed E-state index contributed by atoms with van der Waals surface area (Å²) in [6.07, 6.45) is 0.973. The van der Waals surface area contributed by atoms with Crippen molar-refractivity contribution >= 4 is 11.8 Å². The van der Waals surface area contributed by atoms with Gasteiger partial charge in [0, 0.05) is 16.0 Å². The van der Waals surface area contributed by atoms with Crippen molar-refractivity contribution in [3.63, 3.8) is 0 Å². The molecular weight excluding hydrogens is 256 g/mol. The summed E-state index contributed by atoms with van der Waals surface area (Å²) in [5, 5.41) is 9.31. The van der Waals surface area contributed by atoms with Crippen LogP contribution in [-0.2, 0) is 0 Å². The zero-order chi connectivity index (χ0) is 13.1. The van der Waals surface area contributed by atoms with Crippen LogP contribution < -0.4 is 0 Å². The van der Waals surface area contributed by atoms with Gasteiger partial charge in [-0.3, -0.25) is 4.98 Å². The predicted octanol–water partition coefficient (Wildman–Crippen LogP) is 3.56. The highest BCUT2D eigenvalue weighted by atomic mass is 32.2. The molecule has 1 aromatic heterocycles. The molecule has 1 atom stereocenters. The summed E-state index contributed by atoms with van der Waals surface area (Å²) in [6, 6.07) is 7.22. The molecule has 1 unspecified atom stereocenters. The molecule has 1 heterocycles. The Kier molecular flexibility index (Phi) is 3.93.